The SMILES string of the molecule is c1ccc(-n2c3ccncc3c3ccc4sc5c(ccc6c5c5ccccc5n6-c5cccc6ccccc56)c4c32)cc1. The summed E-state index contributed by atoms with van der Waals surface area (Å²) < 4.78 is 7.51. The molecule has 0 N–H and O–H groups in total. The highest BCUT2D eigenvalue weighted by molar-refractivity contribution is 7.27. The lowest BCUT2D eigenvalue weighted by Crippen LogP contribution is -1.95. The molecule has 43 heavy (non-hydrogen) atoms. The molecule has 4 aromatic heterocycles. The normalized spacial score (nSPS) is 12.2. The Labute approximate surface area is 250 Å². The number of benzene rings is 6. The van der Waals surface area contributed by atoms with E-state index in [9.17, 15) is 0 Å². The fourth-order valence-corrected chi connectivity index (χ4v) is 8.49. The fraction of sp³-hybridized carbons (Fsp3) is 0. The number of thiophene rings is 1. The van der Waals surface area contributed by atoms with Gasteiger partial charge < -0.3 is 9.13 Å². The van der Waals surface area contributed by atoms with Crippen molar-refractivity contribution in [1.82, 2.24) is 14.1 Å². The number of hydrogen-bond donors (Lipinski definition) is 0. The van der Waals surface area contributed by atoms with Crippen LogP contribution in [0.5, 0.6) is 0 Å². The predicted molar refractivity (Wildman–Crippen MR) is 183 cm³/mol. The van der Waals surface area contributed by atoms with Gasteiger partial charge >= 0.3 is 0 Å². The molecule has 0 aliphatic rings. The minimum absolute atomic E-state index is 1.16. The van der Waals surface area contributed by atoms with Crippen LogP contribution in [-0.2, 0) is 0 Å². The molecule has 0 radical (unpaired) electrons. The number of pyridine rings is 1. The van der Waals surface area contributed by atoms with Crippen molar-refractivity contribution < 1.29 is 0 Å². The second kappa shape index (κ2) is 8.54. The van der Waals surface area contributed by atoms with Gasteiger partial charge in [-0.1, -0.05) is 84.9 Å². The van der Waals surface area contributed by atoms with Gasteiger partial charge in [0.2, 0.25) is 0 Å². The Morgan fingerprint density at radius 2 is 1.26 bits per heavy atom. The first-order valence-electron chi connectivity index (χ1n) is 14.6. The van der Waals surface area contributed by atoms with Crippen LogP contribution >= 0.6 is 11.3 Å². The van der Waals surface area contributed by atoms with Crippen LogP contribution in [0.25, 0.3) is 85.9 Å². The average Bonchev–Trinajstić information content (AvgIpc) is 3.72. The summed E-state index contributed by atoms with van der Waals surface area (Å²) in [6, 6.07) is 46.3. The molecule has 10 aromatic rings. The van der Waals surface area contributed by atoms with Crippen molar-refractivity contribution in [3.8, 4) is 11.4 Å². The molecular formula is C39H23N3S. The van der Waals surface area contributed by atoms with Crippen LogP contribution in [0.3, 0.4) is 0 Å². The van der Waals surface area contributed by atoms with Crippen molar-refractivity contribution in [3.63, 3.8) is 0 Å². The molecule has 0 bridgehead atoms. The maximum atomic E-state index is 4.51. The fourth-order valence-electron chi connectivity index (χ4n) is 7.23. The van der Waals surface area contributed by atoms with E-state index in [2.05, 4.69) is 142 Å². The first-order chi connectivity index (χ1) is 21.4. The Hall–Kier alpha value is -5.45. The van der Waals surface area contributed by atoms with Crippen molar-refractivity contribution >= 4 is 85.9 Å². The van der Waals surface area contributed by atoms with E-state index in [4.69, 9.17) is 0 Å². The number of para-hydroxylation sites is 2. The maximum absolute atomic E-state index is 4.51. The summed E-state index contributed by atoms with van der Waals surface area (Å²) >= 11 is 1.90. The Morgan fingerprint density at radius 1 is 0.488 bits per heavy atom. The summed E-state index contributed by atoms with van der Waals surface area (Å²) in [6.07, 6.45) is 3.91. The molecule has 0 unspecified atom stereocenters. The summed E-state index contributed by atoms with van der Waals surface area (Å²) in [4.78, 5) is 4.51. The van der Waals surface area contributed by atoms with Crippen molar-refractivity contribution in [2.45, 2.75) is 0 Å². The molecule has 0 spiro atoms. The molecule has 10 rings (SSSR count). The minimum atomic E-state index is 1.16. The van der Waals surface area contributed by atoms with E-state index in [1.54, 1.807) is 0 Å². The molecule has 4 heterocycles. The van der Waals surface area contributed by atoms with Gasteiger partial charge in [0.15, 0.2) is 0 Å². The standard InChI is InChI=1S/C39H23N3S/c1-2-11-25(12-3-1)41-33-21-22-40-23-30(33)27-18-20-35-37(38(27)41)29-17-19-34-36(39(29)43-35)28-14-6-7-15-32(28)42(34)31-16-8-10-24-9-4-5-13-26(24)31/h1-23H. The van der Waals surface area contributed by atoms with Crippen LogP contribution in [0.2, 0.25) is 0 Å². The third kappa shape index (κ3) is 3.05. The van der Waals surface area contributed by atoms with Crippen LogP contribution in [0.4, 0.5) is 0 Å². The summed E-state index contributed by atoms with van der Waals surface area (Å²) in [7, 11) is 0. The van der Waals surface area contributed by atoms with Gasteiger partial charge in [-0.3, -0.25) is 4.98 Å². The minimum Gasteiger partial charge on any atom is -0.309 e. The molecule has 3 nitrogen and oxygen atoms in total. The van der Waals surface area contributed by atoms with E-state index in [1.807, 2.05) is 23.7 Å². The third-order valence-electron chi connectivity index (χ3n) is 8.99. The molecular weight excluding hydrogens is 543 g/mol. The monoisotopic (exact) mass is 565 g/mol. The summed E-state index contributed by atoms with van der Waals surface area (Å²) in [6.45, 7) is 0. The smallest absolute Gasteiger partial charge is 0.0634 e. The van der Waals surface area contributed by atoms with Gasteiger partial charge in [-0.25, -0.2) is 0 Å². The Kier molecular flexibility index (Phi) is 4.60. The van der Waals surface area contributed by atoms with E-state index in [0.29, 0.717) is 0 Å². The molecule has 0 atom stereocenters. The highest BCUT2D eigenvalue weighted by Crippen LogP contribution is 2.47. The van der Waals surface area contributed by atoms with Crippen molar-refractivity contribution in [1.29, 1.82) is 0 Å². The Morgan fingerprint density at radius 3 is 2.19 bits per heavy atom. The predicted octanol–water partition coefficient (Wildman–Crippen LogP) is 10.8. The molecule has 4 heteroatoms. The van der Waals surface area contributed by atoms with Gasteiger partial charge in [-0.05, 0) is 47.9 Å². The number of hydrogen-bond acceptors (Lipinski definition) is 2. The average molecular weight is 566 g/mol. The van der Waals surface area contributed by atoms with Gasteiger partial charge in [-0.2, -0.15) is 0 Å². The van der Waals surface area contributed by atoms with Gasteiger partial charge in [-0.15, -0.1) is 11.3 Å². The van der Waals surface area contributed by atoms with Gasteiger partial charge in [0, 0.05) is 65.2 Å². The van der Waals surface area contributed by atoms with E-state index in [1.165, 1.54) is 80.2 Å². The van der Waals surface area contributed by atoms with E-state index in [-0.39, 0.29) is 0 Å². The topological polar surface area (TPSA) is 22.8 Å². The highest BCUT2D eigenvalue weighted by atomic mass is 32.1. The van der Waals surface area contributed by atoms with Crippen LogP contribution < -0.4 is 0 Å². The van der Waals surface area contributed by atoms with Crippen molar-refractivity contribution in [3.05, 3.63) is 140 Å². The lowest BCUT2D eigenvalue weighted by atomic mass is 10.1. The molecule has 0 saturated carbocycles. The molecule has 0 aliphatic heterocycles. The van der Waals surface area contributed by atoms with E-state index in [0.717, 1.165) is 5.69 Å². The lowest BCUT2D eigenvalue weighted by molar-refractivity contribution is 1.18. The van der Waals surface area contributed by atoms with Gasteiger partial charge in [0.05, 0.1) is 27.8 Å². The second-order valence-corrected chi connectivity index (χ2v) is 12.2. The zero-order valence-corrected chi connectivity index (χ0v) is 23.8. The number of nitrogens with zero attached hydrogens (tertiary/aromatic N) is 3. The van der Waals surface area contributed by atoms with Crippen LogP contribution in [-0.4, -0.2) is 14.1 Å². The zero-order chi connectivity index (χ0) is 28.1. The molecule has 0 aliphatic carbocycles. The largest absolute Gasteiger partial charge is 0.309 e. The van der Waals surface area contributed by atoms with Crippen LogP contribution in [0, 0.1) is 0 Å². The summed E-state index contributed by atoms with van der Waals surface area (Å²) in [5.74, 6) is 0. The van der Waals surface area contributed by atoms with Crippen molar-refractivity contribution in [2.24, 2.45) is 0 Å². The number of rotatable bonds is 2. The maximum Gasteiger partial charge on any atom is 0.0634 e. The van der Waals surface area contributed by atoms with E-state index < -0.39 is 0 Å². The van der Waals surface area contributed by atoms with E-state index >= 15 is 0 Å². The Balaban J connectivity index is 1.40. The molecule has 200 valence electrons. The van der Waals surface area contributed by atoms with Crippen LogP contribution in [0.15, 0.2) is 140 Å². The molecule has 6 aromatic carbocycles. The molecule has 0 fully saturated rings. The van der Waals surface area contributed by atoms with Crippen LogP contribution in [0.1, 0.15) is 0 Å². The molecule has 0 saturated heterocycles. The highest BCUT2D eigenvalue weighted by Gasteiger charge is 2.22. The first-order valence-corrected chi connectivity index (χ1v) is 15.4. The first kappa shape index (κ1) is 23.1. The summed E-state index contributed by atoms with van der Waals surface area (Å²) in [5, 5.41) is 10.1. The lowest BCUT2D eigenvalue weighted by Gasteiger charge is -2.11. The van der Waals surface area contributed by atoms with Gasteiger partial charge in [0.1, 0.15) is 0 Å². The summed E-state index contributed by atoms with van der Waals surface area (Å²) in [5.41, 5.74) is 7.26. The zero-order valence-electron chi connectivity index (χ0n) is 23.0. The van der Waals surface area contributed by atoms with Crippen molar-refractivity contribution in [2.75, 3.05) is 0 Å². The quantitative estimate of drug-likeness (QED) is 0.204. The molecule has 0 amide bonds. The Bertz CT molecular complexity index is 2720. The number of aromatic nitrogens is 3. The van der Waals surface area contributed by atoms with Gasteiger partial charge in [0.25, 0.3) is 0 Å². The third-order valence-corrected chi connectivity index (χ3v) is 10.2. The number of fused-ring (bicyclic) bond motifs is 12. The second-order valence-electron chi connectivity index (χ2n) is 11.2.